The first-order chi connectivity index (χ1) is 9.69. The number of rotatable bonds is 5. The van der Waals surface area contributed by atoms with E-state index in [1.165, 1.54) is 29.7 Å². The molecule has 1 aliphatic carbocycles. The highest BCUT2D eigenvalue weighted by atomic mass is 15.4. The average Bonchev–Trinajstić information content (AvgIpc) is 3.21. The fourth-order valence-electron chi connectivity index (χ4n) is 2.60. The second kappa shape index (κ2) is 5.37. The van der Waals surface area contributed by atoms with E-state index in [1.807, 2.05) is 4.68 Å². The summed E-state index contributed by atoms with van der Waals surface area (Å²) in [5, 5.41) is 8.51. The second-order valence-electron chi connectivity index (χ2n) is 5.95. The van der Waals surface area contributed by atoms with Gasteiger partial charge in [-0.05, 0) is 29.9 Å². The summed E-state index contributed by atoms with van der Waals surface area (Å²) in [5.41, 5.74) is 10.6. The zero-order chi connectivity index (χ0) is 14.1. The van der Waals surface area contributed by atoms with Gasteiger partial charge in [0.05, 0.1) is 17.9 Å². The number of aromatic nitrogens is 3. The molecule has 4 heteroatoms. The van der Waals surface area contributed by atoms with Crippen LogP contribution in [0.3, 0.4) is 0 Å². The smallest absolute Gasteiger partial charge is 0.0997 e. The van der Waals surface area contributed by atoms with Gasteiger partial charge in [0.1, 0.15) is 0 Å². The molecule has 2 aromatic rings. The Morgan fingerprint density at radius 2 is 1.95 bits per heavy atom. The maximum atomic E-state index is 5.76. The van der Waals surface area contributed by atoms with Crippen molar-refractivity contribution in [2.45, 2.75) is 51.6 Å². The van der Waals surface area contributed by atoms with Crippen molar-refractivity contribution in [2.75, 3.05) is 0 Å². The molecule has 1 aliphatic rings. The summed E-state index contributed by atoms with van der Waals surface area (Å²) < 4.78 is 2.03. The molecule has 1 heterocycles. The predicted molar refractivity (Wildman–Crippen MR) is 79.5 cm³/mol. The lowest BCUT2D eigenvalue weighted by Gasteiger charge is -2.09. The molecular weight excluding hydrogens is 248 g/mol. The Balaban J connectivity index is 1.82. The molecule has 4 nitrogen and oxygen atoms in total. The van der Waals surface area contributed by atoms with Crippen molar-refractivity contribution >= 4 is 0 Å². The third kappa shape index (κ3) is 2.61. The largest absolute Gasteiger partial charge is 0.325 e. The Labute approximate surface area is 120 Å². The van der Waals surface area contributed by atoms with Gasteiger partial charge in [0.15, 0.2) is 0 Å². The standard InChI is InChI=1S/C16H22N4/c1-11(2)13-5-3-12(4-6-13)10-20-16(14-7-8-14)15(9-17)18-19-20/h3-6,11,14H,7-10,17H2,1-2H3. The Kier molecular flexibility index (Phi) is 3.57. The highest BCUT2D eigenvalue weighted by molar-refractivity contribution is 5.26. The zero-order valence-electron chi connectivity index (χ0n) is 12.2. The van der Waals surface area contributed by atoms with E-state index in [4.69, 9.17) is 5.73 Å². The van der Waals surface area contributed by atoms with Gasteiger partial charge in [-0.1, -0.05) is 43.3 Å². The van der Waals surface area contributed by atoms with E-state index < -0.39 is 0 Å². The highest BCUT2D eigenvalue weighted by Gasteiger charge is 2.30. The Morgan fingerprint density at radius 3 is 2.50 bits per heavy atom. The summed E-state index contributed by atoms with van der Waals surface area (Å²) in [5.74, 6) is 1.19. The van der Waals surface area contributed by atoms with E-state index in [9.17, 15) is 0 Å². The summed E-state index contributed by atoms with van der Waals surface area (Å²) in [7, 11) is 0. The molecule has 20 heavy (non-hydrogen) atoms. The summed E-state index contributed by atoms with van der Waals surface area (Å²) in [6, 6.07) is 8.79. The second-order valence-corrected chi connectivity index (χ2v) is 5.95. The fraction of sp³-hybridized carbons (Fsp3) is 0.500. The number of hydrogen-bond donors (Lipinski definition) is 1. The monoisotopic (exact) mass is 270 g/mol. The van der Waals surface area contributed by atoms with Crippen molar-refractivity contribution in [1.29, 1.82) is 0 Å². The summed E-state index contributed by atoms with van der Waals surface area (Å²) >= 11 is 0. The van der Waals surface area contributed by atoms with E-state index >= 15 is 0 Å². The summed E-state index contributed by atoms with van der Waals surface area (Å²) in [4.78, 5) is 0. The van der Waals surface area contributed by atoms with Crippen LogP contribution >= 0.6 is 0 Å². The first-order valence-corrected chi connectivity index (χ1v) is 7.40. The van der Waals surface area contributed by atoms with Gasteiger partial charge in [-0.2, -0.15) is 0 Å². The molecule has 3 rings (SSSR count). The van der Waals surface area contributed by atoms with Crippen LogP contribution in [0.2, 0.25) is 0 Å². The molecular formula is C16H22N4. The number of hydrogen-bond acceptors (Lipinski definition) is 3. The molecule has 1 aromatic carbocycles. The quantitative estimate of drug-likeness (QED) is 0.909. The third-order valence-electron chi connectivity index (χ3n) is 3.98. The van der Waals surface area contributed by atoms with Crippen molar-refractivity contribution in [1.82, 2.24) is 15.0 Å². The van der Waals surface area contributed by atoms with Crippen LogP contribution in [0.5, 0.6) is 0 Å². The minimum atomic E-state index is 0.484. The van der Waals surface area contributed by atoms with E-state index in [2.05, 4.69) is 48.4 Å². The molecule has 0 saturated heterocycles. The Bertz CT molecular complexity index is 579. The number of benzene rings is 1. The Hall–Kier alpha value is -1.68. The normalized spacial score (nSPS) is 15.0. The van der Waals surface area contributed by atoms with Crippen LogP contribution in [-0.4, -0.2) is 15.0 Å². The lowest BCUT2D eigenvalue weighted by molar-refractivity contribution is 0.619. The summed E-state index contributed by atoms with van der Waals surface area (Å²) in [6.45, 7) is 5.70. The first kappa shape index (κ1) is 13.3. The van der Waals surface area contributed by atoms with Gasteiger partial charge < -0.3 is 5.73 Å². The van der Waals surface area contributed by atoms with Crippen molar-refractivity contribution in [3.05, 3.63) is 46.8 Å². The van der Waals surface area contributed by atoms with Crippen molar-refractivity contribution < 1.29 is 0 Å². The topological polar surface area (TPSA) is 56.7 Å². The van der Waals surface area contributed by atoms with E-state index in [0.29, 0.717) is 18.4 Å². The Morgan fingerprint density at radius 1 is 1.25 bits per heavy atom. The van der Waals surface area contributed by atoms with Crippen LogP contribution in [0, 0.1) is 0 Å². The van der Waals surface area contributed by atoms with E-state index in [-0.39, 0.29) is 0 Å². The third-order valence-corrected chi connectivity index (χ3v) is 3.98. The molecule has 0 aliphatic heterocycles. The van der Waals surface area contributed by atoms with Crippen LogP contribution in [-0.2, 0) is 13.1 Å². The average molecular weight is 270 g/mol. The van der Waals surface area contributed by atoms with Gasteiger partial charge >= 0.3 is 0 Å². The van der Waals surface area contributed by atoms with E-state index in [0.717, 1.165) is 12.2 Å². The molecule has 0 unspecified atom stereocenters. The molecule has 2 N–H and O–H groups in total. The number of nitrogens with zero attached hydrogens (tertiary/aromatic N) is 3. The fourth-order valence-corrected chi connectivity index (χ4v) is 2.60. The van der Waals surface area contributed by atoms with Gasteiger partial charge in [-0.25, -0.2) is 4.68 Å². The van der Waals surface area contributed by atoms with Crippen molar-refractivity contribution in [3.63, 3.8) is 0 Å². The molecule has 1 saturated carbocycles. The van der Waals surface area contributed by atoms with Crippen LogP contribution in [0.1, 0.15) is 61.0 Å². The first-order valence-electron chi connectivity index (χ1n) is 7.40. The SMILES string of the molecule is CC(C)c1ccc(Cn2nnc(CN)c2C2CC2)cc1. The maximum absolute atomic E-state index is 5.76. The minimum absolute atomic E-state index is 0.484. The molecule has 1 fully saturated rings. The van der Waals surface area contributed by atoms with Crippen molar-refractivity contribution in [3.8, 4) is 0 Å². The van der Waals surface area contributed by atoms with Gasteiger partial charge in [0.25, 0.3) is 0 Å². The molecule has 1 aromatic heterocycles. The van der Waals surface area contributed by atoms with Crippen LogP contribution in [0.25, 0.3) is 0 Å². The lowest BCUT2D eigenvalue weighted by atomic mass is 10.0. The highest BCUT2D eigenvalue weighted by Crippen LogP contribution is 2.41. The lowest BCUT2D eigenvalue weighted by Crippen LogP contribution is -2.08. The zero-order valence-corrected chi connectivity index (χ0v) is 12.2. The molecule has 0 atom stereocenters. The van der Waals surface area contributed by atoms with Gasteiger partial charge in [-0.15, -0.1) is 5.10 Å². The van der Waals surface area contributed by atoms with Crippen LogP contribution < -0.4 is 5.73 Å². The van der Waals surface area contributed by atoms with Gasteiger partial charge in [0.2, 0.25) is 0 Å². The van der Waals surface area contributed by atoms with Gasteiger partial charge in [-0.3, -0.25) is 0 Å². The maximum Gasteiger partial charge on any atom is 0.0997 e. The predicted octanol–water partition coefficient (Wildman–Crippen LogP) is 2.79. The van der Waals surface area contributed by atoms with Crippen molar-refractivity contribution in [2.24, 2.45) is 5.73 Å². The van der Waals surface area contributed by atoms with Crippen LogP contribution in [0.15, 0.2) is 24.3 Å². The minimum Gasteiger partial charge on any atom is -0.325 e. The van der Waals surface area contributed by atoms with Crippen LogP contribution in [0.4, 0.5) is 0 Å². The molecule has 106 valence electrons. The summed E-state index contributed by atoms with van der Waals surface area (Å²) in [6.07, 6.45) is 2.49. The van der Waals surface area contributed by atoms with E-state index in [1.54, 1.807) is 0 Å². The molecule has 0 spiro atoms. The van der Waals surface area contributed by atoms with Gasteiger partial charge in [0, 0.05) is 12.5 Å². The molecule has 0 amide bonds. The molecule has 0 bridgehead atoms. The number of nitrogens with two attached hydrogens (primary N) is 1. The molecule has 0 radical (unpaired) electrons.